The highest BCUT2D eigenvalue weighted by atomic mass is 19.4. The molecule has 10 heteroatoms. The van der Waals surface area contributed by atoms with Gasteiger partial charge in [0.05, 0.1) is 17.2 Å². The second kappa shape index (κ2) is 11.5. The van der Waals surface area contributed by atoms with Gasteiger partial charge in [-0.15, -0.1) is 0 Å². The van der Waals surface area contributed by atoms with Gasteiger partial charge in [0, 0.05) is 63.4 Å². The quantitative estimate of drug-likeness (QED) is 0.322. The predicted molar refractivity (Wildman–Crippen MR) is 144 cm³/mol. The van der Waals surface area contributed by atoms with Crippen LogP contribution in [0.1, 0.15) is 37.9 Å². The Morgan fingerprint density at radius 1 is 1.00 bits per heavy atom. The zero-order valence-corrected chi connectivity index (χ0v) is 22.3. The number of halogens is 3. The zero-order chi connectivity index (χ0) is 27.6. The molecule has 0 bridgehead atoms. The molecule has 0 spiro atoms. The van der Waals surface area contributed by atoms with E-state index in [-0.39, 0.29) is 11.9 Å². The highest BCUT2D eigenvalue weighted by Crippen LogP contribution is 2.30. The second-order valence-electron chi connectivity index (χ2n) is 10.6. The Balaban J connectivity index is 1.13. The van der Waals surface area contributed by atoms with Gasteiger partial charge in [-0.25, -0.2) is 9.97 Å². The Hall–Kier alpha value is -3.24. The van der Waals surface area contributed by atoms with Crippen molar-refractivity contribution in [1.29, 1.82) is 0 Å². The first-order valence-corrected chi connectivity index (χ1v) is 13.5. The van der Waals surface area contributed by atoms with E-state index >= 15 is 0 Å². The van der Waals surface area contributed by atoms with Crippen LogP contribution in [0.4, 0.5) is 19.0 Å². The highest BCUT2D eigenvalue weighted by molar-refractivity contribution is 5.87. The summed E-state index contributed by atoms with van der Waals surface area (Å²) in [6, 6.07) is 12.8. The number of ether oxygens (including phenoxy) is 1. The summed E-state index contributed by atoms with van der Waals surface area (Å²) in [4.78, 5) is 28.0. The van der Waals surface area contributed by atoms with Crippen LogP contribution in [-0.4, -0.2) is 71.0 Å². The number of hydrogen-bond acceptors (Lipinski definition) is 7. The summed E-state index contributed by atoms with van der Waals surface area (Å²) in [6.07, 6.45) is -1.33. The Bertz CT molecular complexity index is 1280. The monoisotopic (exact) mass is 541 g/mol. The van der Waals surface area contributed by atoms with E-state index in [4.69, 9.17) is 9.72 Å². The number of pyridine rings is 2. The number of esters is 1. The van der Waals surface area contributed by atoms with Crippen LogP contribution in [0.5, 0.6) is 5.75 Å². The van der Waals surface area contributed by atoms with E-state index in [0.717, 1.165) is 82.0 Å². The van der Waals surface area contributed by atoms with E-state index in [2.05, 4.69) is 19.7 Å². The largest absolute Gasteiger partial charge is 0.424 e. The Morgan fingerprint density at radius 3 is 2.38 bits per heavy atom. The van der Waals surface area contributed by atoms with Gasteiger partial charge in [0.25, 0.3) is 0 Å². The molecule has 39 heavy (non-hydrogen) atoms. The number of carbonyl (C=O) groups is 1. The standard InChI is InChI=1S/C29H34F3N5O2/c1-20(2)28(38)39-25-5-3-4-21-6-8-23(34-27(21)25)19-35-12-10-24(11-13-35)36-14-16-37(17-15-36)26-9-7-22(18-33-26)29(30,31)32/h3-9,18,20,24H,10-17,19H2,1-2H3. The summed E-state index contributed by atoms with van der Waals surface area (Å²) in [5.74, 6) is 0.613. The minimum atomic E-state index is -4.37. The smallest absolute Gasteiger partial charge is 0.417 e. The first kappa shape index (κ1) is 27.3. The molecule has 0 radical (unpaired) electrons. The molecule has 0 N–H and O–H groups in total. The number of rotatable bonds is 6. The maximum Gasteiger partial charge on any atom is 0.417 e. The van der Waals surface area contributed by atoms with Crippen molar-refractivity contribution < 1.29 is 22.7 Å². The average molecular weight is 542 g/mol. The number of alkyl halides is 3. The predicted octanol–water partition coefficient (Wildman–Crippen LogP) is 5.00. The fraction of sp³-hybridized carbons (Fsp3) is 0.483. The molecule has 2 fully saturated rings. The van der Waals surface area contributed by atoms with E-state index in [1.54, 1.807) is 6.07 Å². The van der Waals surface area contributed by atoms with Crippen molar-refractivity contribution in [3.63, 3.8) is 0 Å². The first-order chi connectivity index (χ1) is 18.7. The number of benzene rings is 1. The molecule has 0 aliphatic carbocycles. The van der Waals surface area contributed by atoms with Gasteiger partial charge < -0.3 is 9.64 Å². The normalized spacial score (nSPS) is 18.2. The number of likely N-dealkylation sites (tertiary alicyclic amines) is 1. The maximum absolute atomic E-state index is 12.8. The van der Waals surface area contributed by atoms with Gasteiger partial charge in [-0.2, -0.15) is 13.2 Å². The van der Waals surface area contributed by atoms with E-state index in [1.165, 1.54) is 6.07 Å². The lowest BCUT2D eigenvalue weighted by molar-refractivity contribution is -0.138. The topological polar surface area (TPSA) is 61.8 Å². The molecule has 2 saturated heterocycles. The third kappa shape index (κ3) is 6.50. The van der Waals surface area contributed by atoms with Crippen molar-refractivity contribution in [2.24, 2.45) is 5.92 Å². The number of aromatic nitrogens is 2. The van der Waals surface area contributed by atoms with Gasteiger partial charge in [0.15, 0.2) is 5.75 Å². The molecular weight excluding hydrogens is 507 g/mol. The molecule has 0 unspecified atom stereocenters. The fourth-order valence-electron chi connectivity index (χ4n) is 5.29. The van der Waals surface area contributed by atoms with Crippen molar-refractivity contribution in [2.45, 2.75) is 45.5 Å². The summed E-state index contributed by atoms with van der Waals surface area (Å²) in [5, 5.41) is 0.942. The van der Waals surface area contributed by atoms with Crippen LogP contribution in [0.2, 0.25) is 0 Å². The van der Waals surface area contributed by atoms with Gasteiger partial charge in [-0.1, -0.05) is 32.0 Å². The molecule has 4 heterocycles. The third-order valence-corrected chi connectivity index (χ3v) is 7.60. The first-order valence-electron chi connectivity index (χ1n) is 13.5. The molecule has 2 aliphatic rings. The number of carbonyl (C=O) groups excluding carboxylic acids is 1. The third-order valence-electron chi connectivity index (χ3n) is 7.60. The molecule has 2 aromatic heterocycles. The minimum absolute atomic E-state index is 0.214. The van der Waals surface area contributed by atoms with Crippen molar-refractivity contribution in [3.8, 4) is 5.75 Å². The lowest BCUT2D eigenvalue weighted by Crippen LogP contribution is -2.53. The number of anilines is 1. The summed E-state index contributed by atoms with van der Waals surface area (Å²) in [7, 11) is 0. The molecule has 3 aromatic rings. The SMILES string of the molecule is CC(C)C(=O)Oc1cccc2ccc(CN3CCC(N4CCN(c5ccc(C(F)(F)F)cn5)CC4)CC3)nc12. The van der Waals surface area contributed by atoms with E-state index < -0.39 is 11.7 Å². The van der Waals surface area contributed by atoms with Crippen LogP contribution in [0.3, 0.4) is 0 Å². The van der Waals surface area contributed by atoms with Crippen LogP contribution in [-0.2, 0) is 17.5 Å². The Kier molecular flexibility index (Phi) is 8.04. The van der Waals surface area contributed by atoms with E-state index in [0.29, 0.717) is 23.1 Å². The number of hydrogen-bond donors (Lipinski definition) is 0. The molecule has 0 saturated carbocycles. The molecule has 5 rings (SSSR count). The number of nitrogens with zero attached hydrogens (tertiary/aromatic N) is 5. The Morgan fingerprint density at radius 2 is 1.74 bits per heavy atom. The number of para-hydroxylation sites is 1. The minimum Gasteiger partial charge on any atom is -0.424 e. The van der Waals surface area contributed by atoms with Crippen molar-refractivity contribution >= 4 is 22.7 Å². The van der Waals surface area contributed by atoms with Crippen molar-refractivity contribution in [3.05, 3.63) is 59.9 Å². The lowest BCUT2D eigenvalue weighted by Gasteiger charge is -2.43. The van der Waals surface area contributed by atoms with Crippen LogP contribution in [0.15, 0.2) is 48.7 Å². The summed E-state index contributed by atoms with van der Waals surface area (Å²) >= 11 is 0. The van der Waals surface area contributed by atoms with Gasteiger partial charge in [-0.3, -0.25) is 14.6 Å². The van der Waals surface area contributed by atoms with Gasteiger partial charge in [0.2, 0.25) is 0 Å². The van der Waals surface area contributed by atoms with Gasteiger partial charge in [-0.05, 0) is 37.1 Å². The van der Waals surface area contributed by atoms with Crippen molar-refractivity contribution in [2.75, 3.05) is 44.2 Å². The molecule has 0 amide bonds. The van der Waals surface area contributed by atoms with Crippen LogP contribution >= 0.6 is 0 Å². The summed E-state index contributed by atoms with van der Waals surface area (Å²) in [6.45, 7) is 9.55. The maximum atomic E-state index is 12.8. The lowest BCUT2D eigenvalue weighted by atomic mass is 10.0. The molecule has 7 nitrogen and oxygen atoms in total. The summed E-state index contributed by atoms with van der Waals surface area (Å²) < 4.78 is 44.1. The van der Waals surface area contributed by atoms with Crippen molar-refractivity contribution in [1.82, 2.24) is 19.8 Å². The fourth-order valence-corrected chi connectivity index (χ4v) is 5.29. The molecule has 0 atom stereocenters. The highest BCUT2D eigenvalue weighted by Gasteiger charge is 2.32. The molecule has 1 aromatic carbocycles. The summed E-state index contributed by atoms with van der Waals surface area (Å²) in [5.41, 5.74) is 0.941. The second-order valence-corrected chi connectivity index (χ2v) is 10.6. The number of piperazine rings is 1. The van der Waals surface area contributed by atoms with E-state index in [1.807, 2.05) is 38.1 Å². The van der Waals surface area contributed by atoms with E-state index in [9.17, 15) is 18.0 Å². The Labute approximate surface area is 226 Å². The van der Waals surface area contributed by atoms with Gasteiger partial charge >= 0.3 is 12.1 Å². The van der Waals surface area contributed by atoms with Crippen LogP contribution in [0.25, 0.3) is 10.9 Å². The number of piperidine rings is 1. The molecule has 2 aliphatic heterocycles. The van der Waals surface area contributed by atoms with Gasteiger partial charge in [0.1, 0.15) is 11.3 Å². The van der Waals surface area contributed by atoms with Crippen LogP contribution < -0.4 is 9.64 Å². The number of fused-ring (bicyclic) bond motifs is 1. The molecule has 208 valence electrons. The van der Waals surface area contributed by atoms with Crippen LogP contribution in [0, 0.1) is 5.92 Å². The molecular formula is C29H34F3N5O2. The average Bonchev–Trinajstić information content (AvgIpc) is 2.93. The zero-order valence-electron chi connectivity index (χ0n) is 22.3.